The lowest BCUT2D eigenvalue weighted by molar-refractivity contribution is 0.0600. The Kier molecular flexibility index (Phi) is 3.80. The molecule has 0 aliphatic heterocycles. The van der Waals surface area contributed by atoms with Crippen LogP contribution in [0, 0.1) is 0 Å². The molecule has 0 fully saturated rings. The van der Waals surface area contributed by atoms with Crippen LogP contribution in [0.3, 0.4) is 0 Å². The monoisotopic (exact) mass is 343 g/mol. The van der Waals surface area contributed by atoms with Crippen LogP contribution in [0.1, 0.15) is 15.9 Å². The number of carbonyl (C=O) groups is 1. The first kappa shape index (κ1) is 13.9. The second-order valence-corrected chi connectivity index (χ2v) is 5.75. The van der Waals surface area contributed by atoms with E-state index in [0.29, 0.717) is 5.56 Å². The Bertz CT molecular complexity index is 790. The fourth-order valence-electron chi connectivity index (χ4n) is 2.36. The molecule has 0 aliphatic rings. The lowest BCUT2D eigenvalue weighted by Gasteiger charge is -2.07. The highest BCUT2D eigenvalue weighted by molar-refractivity contribution is 9.10. The molecule has 4 heteroatoms. The first-order valence-electron chi connectivity index (χ1n) is 6.59. The molecule has 3 rings (SSSR count). The summed E-state index contributed by atoms with van der Waals surface area (Å²) in [7, 11) is 1.39. The van der Waals surface area contributed by atoms with E-state index >= 15 is 0 Å². The van der Waals surface area contributed by atoms with Crippen LogP contribution in [0.25, 0.3) is 10.9 Å². The van der Waals surface area contributed by atoms with Gasteiger partial charge in [0.2, 0.25) is 0 Å². The molecular weight excluding hydrogens is 330 g/mol. The third kappa shape index (κ3) is 2.85. The van der Waals surface area contributed by atoms with Gasteiger partial charge >= 0.3 is 5.97 Å². The van der Waals surface area contributed by atoms with Gasteiger partial charge in [0.1, 0.15) is 0 Å². The predicted octanol–water partition coefficient (Wildman–Crippen LogP) is 4.24. The summed E-state index contributed by atoms with van der Waals surface area (Å²) in [6, 6.07) is 15.8. The van der Waals surface area contributed by atoms with E-state index in [1.165, 1.54) is 18.0 Å². The number of carbonyl (C=O) groups excluding carboxylic acids is 1. The Balaban J connectivity index is 1.88. The highest BCUT2D eigenvalue weighted by Gasteiger charge is 2.06. The van der Waals surface area contributed by atoms with Gasteiger partial charge < -0.3 is 9.30 Å². The molecule has 0 saturated carbocycles. The molecule has 1 heterocycles. The second-order valence-electron chi connectivity index (χ2n) is 4.84. The minimum absolute atomic E-state index is 0.308. The van der Waals surface area contributed by atoms with Crippen molar-refractivity contribution in [2.75, 3.05) is 7.11 Å². The van der Waals surface area contributed by atoms with E-state index in [1.54, 1.807) is 12.1 Å². The molecule has 1 aromatic heterocycles. The molecule has 0 amide bonds. The molecule has 0 atom stereocenters. The normalized spacial score (nSPS) is 10.8. The number of esters is 1. The lowest BCUT2D eigenvalue weighted by atomic mass is 10.1. The van der Waals surface area contributed by atoms with Crippen LogP contribution in [-0.2, 0) is 11.3 Å². The molecule has 3 aromatic rings. The second kappa shape index (κ2) is 5.74. The summed E-state index contributed by atoms with van der Waals surface area (Å²) in [6.07, 6.45) is 2.07. The minimum atomic E-state index is -0.308. The number of benzene rings is 2. The van der Waals surface area contributed by atoms with Gasteiger partial charge in [0.15, 0.2) is 0 Å². The first-order valence-corrected chi connectivity index (χ1v) is 7.38. The van der Waals surface area contributed by atoms with Gasteiger partial charge in [-0.2, -0.15) is 0 Å². The smallest absolute Gasteiger partial charge is 0.337 e. The molecule has 3 nitrogen and oxygen atoms in total. The van der Waals surface area contributed by atoms with Crippen molar-refractivity contribution in [1.29, 1.82) is 0 Å². The zero-order valence-electron chi connectivity index (χ0n) is 11.5. The van der Waals surface area contributed by atoms with Crippen LogP contribution in [0.5, 0.6) is 0 Å². The standard InChI is InChI=1S/C17H14BrNO2/c1-21-17(20)14-4-2-12(3-5-14)11-19-9-8-13-6-7-15(18)10-16(13)19/h2-10H,11H2,1H3. The summed E-state index contributed by atoms with van der Waals surface area (Å²) in [5.74, 6) is -0.308. The van der Waals surface area contributed by atoms with Gasteiger partial charge in [0, 0.05) is 22.7 Å². The molecule has 0 spiro atoms. The molecule has 21 heavy (non-hydrogen) atoms. The highest BCUT2D eigenvalue weighted by atomic mass is 79.9. The third-order valence-corrected chi connectivity index (χ3v) is 3.96. The summed E-state index contributed by atoms with van der Waals surface area (Å²) < 4.78 is 7.96. The van der Waals surface area contributed by atoms with Crippen molar-refractivity contribution >= 4 is 32.8 Å². The molecule has 0 unspecified atom stereocenters. The molecule has 106 valence electrons. The fraction of sp³-hybridized carbons (Fsp3) is 0.118. The third-order valence-electron chi connectivity index (χ3n) is 3.46. The number of methoxy groups -OCH3 is 1. The van der Waals surface area contributed by atoms with Crippen molar-refractivity contribution in [2.24, 2.45) is 0 Å². The van der Waals surface area contributed by atoms with Gasteiger partial charge in [-0.15, -0.1) is 0 Å². The SMILES string of the molecule is COC(=O)c1ccc(Cn2ccc3ccc(Br)cc32)cc1. The molecule has 0 bridgehead atoms. The van der Waals surface area contributed by atoms with Crippen LogP contribution in [0.15, 0.2) is 59.2 Å². The summed E-state index contributed by atoms with van der Waals surface area (Å²) in [4.78, 5) is 11.4. The number of rotatable bonds is 3. The lowest BCUT2D eigenvalue weighted by Crippen LogP contribution is -2.02. The zero-order chi connectivity index (χ0) is 14.8. The average molecular weight is 344 g/mol. The van der Waals surface area contributed by atoms with Crippen molar-refractivity contribution in [3.05, 3.63) is 70.3 Å². The quantitative estimate of drug-likeness (QED) is 0.666. The minimum Gasteiger partial charge on any atom is -0.465 e. The number of nitrogens with zero attached hydrogens (tertiary/aromatic N) is 1. The molecule has 0 aliphatic carbocycles. The first-order chi connectivity index (χ1) is 10.2. The van der Waals surface area contributed by atoms with Crippen molar-refractivity contribution in [3.63, 3.8) is 0 Å². The maximum absolute atomic E-state index is 11.4. The van der Waals surface area contributed by atoms with E-state index in [0.717, 1.165) is 16.6 Å². The van der Waals surface area contributed by atoms with Gasteiger partial charge in [-0.25, -0.2) is 4.79 Å². The van der Waals surface area contributed by atoms with Gasteiger partial charge in [0.05, 0.1) is 12.7 Å². The van der Waals surface area contributed by atoms with Crippen molar-refractivity contribution in [3.8, 4) is 0 Å². The van der Waals surface area contributed by atoms with E-state index in [9.17, 15) is 4.79 Å². The predicted molar refractivity (Wildman–Crippen MR) is 86.5 cm³/mol. The van der Waals surface area contributed by atoms with Gasteiger partial charge in [-0.05, 0) is 41.3 Å². The number of hydrogen-bond donors (Lipinski definition) is 0. The van der Waals surface area contributed by atoms with E-state index in [-0.39, 0.29) is 5.97 Å². The Morgan fingerprint density at radius 3 is 2.62 bits per heavy atom. The number of fused-ring (bicyclic) bond motifs is 1. The van der Waals surface area contributed by atoms with Crippen molar-refractivity contribution < 1.29 is 9.53 Å². The van der Waals surface area contributed by atoms with Crippen LogP contribution in [0.4, 0.5) is 0 Å². The van der Waals surface area contributed by atoms with E-state index in [4.69, 9.17) is 4.74 Å². The zero-order valence-corrected chi connectivity index (χ0v) is 13.1. The summed E-state index contributed by atoms with van der Waals surface area (Å²) in [5, 5.41) is 1.21. The summed E-state index contributed by atoms with van der Waals surface area (Å²) >= 11 is 3.51. The summed E-state index contributed by atoms with van der Waals surface area (Å²) in [6.45, 7) is 0.765. The van der Waals surface area contributed by atoms with Gasteiger partial charge in [-0.1, -0.05) is 34.1 Å². The largest absolute Gasteiger partial charge is 0.465 e. The van der Waals surface area contributed by atoms with Crippen LogP contribution >= 0.6 is 15.9 Å². The fourth-order valence-corrected chi connectivity index (χ4v) is 2.70. The Hall–Kier alpha value is -2.07. The molecule has 0 radical (unpaired) electrons. The number of halogens is 1. The maximum atomic E-state index is 11.4. The van der Waals surface area contributed by atoms with Crippen LogP contribution in [0.2, 0.25) is 0 Å². The van der Waals surface area contributed by atoms with Crippen LogP contribution in [-0.4, -0.2) is 17.6 Å². The van der Waals surface area contributed by atoms with Crippen molar-refractivity contribution in [1.82, 2.24) is 4.57 Å². The van der Waals surface area contributed by atoms with Crippen LogP contribution < -0.4 is 0 Å². The molecular formula is C17H14BrNO2. The maximum Gasteiger partial charge on any atom is 0.337 e. The molecule has 2 aromatic carbocycles. The average Bonchev–Trinajstić information content (AvgIpc) is 2.89. The van der Waals surface area contributed by atoms with E-state index < -0.39 is 0 Å². The van der Waals surface area contributed by atoms with Crippen molar-refractivity contribution in [2.45, 2.75) is 6.54 Å². The highest BCUT2D eigenvalue weighted by Crippen LogP contribution is 2.22. The Morgan fingerprint density at radius 2 is 1.90 bits per heavy atom. The summed E-state index contributed by atoms with van der Waals surface area (Å²) in [5.41, 5.74) is 2.89. The number of hydrogen-bond acceptors (Lipinski definition) is 2. The van der Waals surface area contributed by atoms with E-state index in [1.807, 2.05) is 18.2 Å². The Labute approximate surface area is 131 Å². The van der Waals surface area contributed by atoms with E-state index in [2.05, 4.69) is 44.9 Å². The number of ether oxygens (including phenoxy) is 1. The van der Waals surface area contributed by atoms with Gasteiger partial charge in [0.25, 0.3) is 0 Å². The molecule has 0 saturated heterocycles. The number of aromatic nitrogens is 1. The van der Waals surface area contributed by atoms with Gasteiger partial charge in [-0.3, -0.25) is 0 Å². The molecule has 0 N–H and O–H groups in total. The topological polar surface area (TPSA) is 31.2 Å². The Morgan fingerprint density at radius 1 is 1.14 bits per heavy atom.